The summed E-state index contributed by atoms with van der Waals surface area (Å²) < 4.78 is 0. The molecule has 110 valence electrons. The summed E-state index contributed by atoms with van der Waals surface area (Å²) in [5, 5.41) is 3.75. The second-order valence-corrected chi connectivity index (χ2v) is 6.46. The van der Waals surface area contributed by atoms with Crippen molar-refractivity contribution < 1.29 is 0 Å². The van der Waals surface area contributed by atoms with Gasteiger partial charge in [-0.25, -0.2) is 0 Å². The highest BCUT2D eigenvalue weighted by Crippen LogP contribution is 2.27. The van der Waals surface area contributed by atoms with E-state index in [2.05, 4.69) is 40.3 Å². The number of pyridine rings is 1. The van der Waals surface area contributed by atoms with Crippen molar-refractivity contribution in [3.05, 3.63) is 29.6 Å². The zero-order valence-corrected chi connectivity index (χ0v) is 12.6. The Morgan fingerprint density at radius 2 is 2.10 bits per heavy atom. The van der Waals surface area contributed by atoms with Crippen LogP contribution < -0.4 is 5.32 Å². The Labute approximate surface area is 122 Å². The van der Waals surface area contributed by atoms with Crippen LogP contribution in [-0.4, -0.2) is 35.6 Å². The molecule has 3 nitrogen and oxygen atoms in total. The molecule has 1 N–H and O–H groups in total. The largest absolute Gasteiger partial charge is 0.311 e. The van der Waals surface area contributed by atoms with E-state index in [1.807, 2.05) is 0 Å². The van der Waals surface area contributed by atoms with Gasteiger partial charge in [-0.2, -0.15) is 0 Å². The van der Waals surface area contributed by atoms with Crippen molar-refractivity contribution in [2.75, 3.05) is 19.6 Å². The molecule has 1 aliphatic carbocycles. The van der Waals surface area contributed by atoms with Gasteiger partial charge in [-0.05, 0) is 37.8 Å². The minimum absolute atomic E-state index is 0.703. The van der Waals surface area contributed by atoms with Crippen molar-refractivity contribution in [3.63, 3.8) is 0 Å². The van der Waals surface area contributed by atoms with E-state index >= 15 is 0 Å². The zero-order chi connectivity index (χ0) is 13.8. The van der Waals surface area contributed by atoms with Crippen molar-refractivity contribution >= 4 is 0 Å². The van der Waals surface area contributed by atoms with Crippen molar-refractivity contribution in [3.8, 4) is 0 Å². The van der Waals surface area contributed by atoms with Crippen LogP contribution in [0.1, 0.15) is 43.5 Å². The predicted molar refractivity (Wildman–Crippen MR) is 82.6 cm³/mol. The molecule has 20 heavy (non-hydrogen) atoms. The van der Waals surface area contributed by atoms with Crippen LogP contribution in [0.15, 0.2) is 18.2 Å². The second kappa shape index (κ2) is 6.68. The molecule has 1 unspecified atom stereocenters. The molecule has 0 amide bonds. The fraction of sp³-hybridized carbons (Fsp3) is 0.706. The van der Waals surface area contributed by atoms with E-state index in [0.717, 1.165) is 31.2 Å². The summed E-state index contributed by atoms with van der Waals surface area (Å²) in [4.78, 5) is 7.22. The summed E-state index contributed by atoms with van der Waals surface area (Å²) in [6, 6.07) is 7.06. The Kier molecular flexibility index (Phi) is 4.69. The van der Waals surface area contributed by atoms with Gasteiger partial charge >= 0.3 is 0 Å². The van der Waals surface area contributed by atoms with Crippen LogP contribution in [0, 0.1) is 12.8 Å². The first kappa shape index (κ1) is 14.0. The molecule has 2 heterocycles. The first-order valence-electron chi connectivity index (χ1n) is 8.19. The maximum Gasteiger partial charge on any atom is 0.0547 e. The third kappa shape index (κ3) is 3.58. The highest BCUT2D eigenvalue weighted by Gasteiger charge is 2.27. The maximum absolute atomic E-state index is 4.64. The van der Waals surface area contributed by atoms with Crippen LogP contribution >= 0.6 is 0 Å². The molecule has 1 aromatic heterocycles. The third-order valence-electron chi connectivity index (χ3n) is 4.84. The SMILES string of the molecule is Cc1cccc(CN2CCNC(C3CCCCC3)C2)n1. The monoisotopic (exact) mass is 273 g/mol. The molecule has 2 aliphatic rings. The lowest BCUT2D eigenvalue weighted by Crippen LogP contribution is -2.53. The molecule has 1 saturated heterocycles. The van der Waals surface area contributed by atoms with E-state index in [-0.39, 0.29) is 0 Å². The minimum atomic E-state index is 0.703. The van der Waals surface area contributed by atoms with Crippen molar-refractivity contribution in [1.82, 2.24) is 15.2 Å². The zero-order valence-electron chi connectivity index (χ0n) is 12.6. The Balaban J connectivity index is 1.57. The van der Waals surface area contributed by atoms with E-state index < -0.39 is 0 Å². The van der Waals surface area contributed by atoms with Crippen molar-refractivity contribution in [2.45, 2.75) is 51.6 Å². The predicted octanol–water partition coefficient (Wildman–Crippen LogP) is 2.74. The Hall–Kier alpha value is -0.930. The molecule has 0 bridgehead atoms. The first-order valence-corrected chi connectivity index (χ1v) is 8.19. The fourth-order valence-corrected chi connectivity index (χ4v) is 3.75. The van der Waals surface area contributed by atoms with Gasteiger partial charge in [-0.15, -0.1) is 0 Å². The van der Waals surface area contributed by atoms with E-state index in [9.17, 15) is 0 Å². The van der Waals surface area contributed by atoms with Crippen LogP contribution in [0.3, 0.4) is 0 Å². The smallest absolute Gasteiger partial charge is 0.0547 e. The standard InChI is InChI=1S/C17H27N3/c1-14-6-5-9-16(19-14)12-20-11-10-18-17(13-20)15-7-3-2-4-8-15/h5-6,9,15,17-18H,2-4,7-8,10-13H2,1H3. The van der Waals surface area contributed by atoms with Gasteiger partial charge in [-0.3, -0.25) is 9.88 Å². The Morgan fingerprint density at radius 3 is 2.90 bits per heavy atom. The van der Waals surface area contributed by atoms with Gasteiger partial charge in [0.1, 0.15) is 0 Å². The number of aromatic nitrogens is 1. The Bertz CT molecular complexity index is 426. The summed E-state index contributed by atoms with van der Waals surface area (Å²) in [7, 11) is 0. The van der Waals surface area contributed by atoms with Gasteiger partial charge in [0.15, 0.2) is 0 Å². The lowest BCUT2D eigenvalue weighted by Gasteiger charge is -2.39. The first-order chi connectivity index (χ1) is 9.81. The lowest BCUT2D eigenvalue weighted by atomic mass is 9.83. The summed E-state index contributed by atoms with van der Waals surface area (Å²) in [5.41, 5.74) is 2.34. The van der Waals surface area contributed by atoms with Gasteiger partial charge in [0.05, 0.1) is 5.69 Å². The van der Waals surface area contributed by atoms with Crippen molar-refractivity contribution in [1.29, 1.82) is 0 Å². The quantitative estimate of drug-likeness (QED) is 0.918. The second-order valence-electron chi connectivity index (χ2n) is 6.46. The molecule has 1 aliphatic heterocycles. The average Bonchev–Trinajstić information content (AvgIpc) is 2.48. The van der Waals surface area contributed by atoms with Gasteiger partial charge in [-0.1, -0.05) is 25.3 Å². The number of piperazine rings is 1. The lowest BCUT2D eigenvalue weighted by molar-refractivity contribution is 0.140. The maximum atomic E-state index is 4.64. The minimum Gasteiger partial charge on any atom is -0.311 e. The normalized spacial score (nSPS) is 25.8. The number of hydrogen-bond acceptors (Lipinski definition) is 3. The Morgan fingerprint density at radius 1 is 1.25 bits per heavy atom. The number of hydrogen-bond donors (Lipinski definition) is 1. The fourth-order valence-electron chi connectivity index (χ4n) is 3.75. The third-order valence-corrected chi connectivity index (χ3v) is 4.84. The van der Waals surface area contributed by atoms with Gasteiger partial charge in [0, 0.05) is 37.9 Å². The van der Waals surface area contributed by atoms with E-state index in [1.165, 1.54) is 44.3 Å². The summed E-state index contributed by atoms with van der Waals surface area (Å²) in [6.45, 7) is 6.56. The number of nitrogens with zero attached hydrogens (tertiary/aromatic N) is 2. The molecule has 1 saturated carbocycles. The van der Waals surface area contributed by atoms with Gasteiger partial charge in [0.2, 0.25) is 0 Å². The molecule has 1 aromatic rings. The van der Waals surface area contributed by atoms with Crippen LogP contribution in [0.2, 0.25) is 0 Å². The van der Waals surface area contributed by atoms with Crippen LogP contribution in [0.5, 0.6) is 0 Å². The van der Waals surface area contributed by atoms with E-state index in [0.29, 0.717) is 6.04 Å². The topological polar surface area (TPSA) is 28.2 Å². The van der Waals surface area contributed by atoms with Crippen LogP contribution in [0.4, 0.5) is 0 Å². The highest BCUT2D eigenvalue weighted by molar-refractivity contribution is 5.10. The average molecular weight is 273 g/mol. The molecule has 0 aromatic carbocycles. The number of aryl methyl sites for hydroxylation is 1. The van der Waals surface area contributed by atoms with Crippen LogP contribution in [-0.2, 0) is 6.54 Å². The van der Waals surface area contributed by atoms with Gasteiger partial charge in [0.25, 0.3) is 0 Å². The molecule has 2 fully saturated rings. The molecular formula is C17H27N3. The van der Waals surface area contributed by atoms with E-state index in [1.54, 1.807) is 0 Å². The van der Waals surface area contributed by atoms with E-state index in [4.69, 9.17) is 0 Å². The van der Waals surface area contributed by atoms with Gasteiger partial charge < -0.3 is 5.32 Å². The molecule has 3 heteroatoms. The number of nitrogens with one attached hydrogen (secondary N) is 1. The number of rotatable bonds is 3. The summed E-state index contributed by atoms with van der Waals surface area (Å²) in [5.74, 6) is 0.900. The summed E-state index contributed by atoms with van der Waals surface area (Å²) in [6.07, 6.45) is 7.16. The van der Waals surface area contributed by atoms with Crippen LogP contribution in [0.25, 0.3) is 0 Å². The highest BCUT2D eigenvalue weighted by atomic mass is 15.2. The molecule has 0 radical (unpaired) electrons. The molecular weight excluding hydrogens is 246 g/mol. The van der Waals surface area contributed by atoms with Crippen molar-refractivity contribution in [2.24, 2.45) is 5.92 Å². The molecule has 1 atom stereocenters. The molecule has 3 rings (SSSR count). The summed E-state index contributed by atoms with van der Waals surface area (Å²) >= 11 is 0. The molecule has 0 spiro atoms.